The number of nitrogens with one attached hydrogen (secondary N) is 1. The molecule has 0 bridgehead atoms. The minimum absolute atomic E-state index is 0.00956. The molecule has 1 rings (SSSR count). The fraction of sp³-hybridized carbons (Fsp3) is 0.833. The van der Waals surface area contributed by atoms with E-state index in [9.17, 15) is 13.2 Å². The highest BCUT2D eigenvalue weighted by atomic mass is 19.4. The third kappa shape index (κ3) is 4.16. The van der Waals surface area contributed by atoms with Gasteiger partial charge in [-0.3, -0.25) is 0 Å². The molecule has 1 saturated carbocycles. The molecular formula is C12H20F3N. The molecule has 1 N–H and O–H groups in total. The zero-order valence-electron chi connectivity index (χ0n) is 9.69. The Hall–Kier alpha value is -0.510. The van der Waals surface area contributed by atoms with Gasteiger partial charge in [0.15, 0.2) is 0 Å². The van der Waals surface area contributed by atoms with Crippen LogP contribution in [0.1, 0.15) is 39.0 Å². The minimum atomic E-state index is -4.03. The van der Waals surface area contributed by atoms with E-state index in [2.05, 4.69) is 11.9 Å². The Morgan fingerprint density at radius 2 is 2.12 bits per heavy atom. The number of rotatable bonds is 4. The standard InChI is InChI=1S/C12H20F3N/c1-3-5-9(2)16-11-7-4-6-10(8-11)12(13,14)15/h3,9-11,16H,1,4-8H2,2H3. The summed E-state index contributed by atoms with van der Waals surface area (Å²) in [5.41, 5.74) is 0. The normalized spacial score (nSPS) is 28.8. The van der Waals surface area contributed by atoms with Crippen LogP contribution in [-0.2, 0) is 0 Å². The molecule has 1 aliphatic rings. The van der Waals surface area contributed by atoms with Gasteiger partial charge in [0.1, 0.15) is 0 Å². The highest BCUT2D eigenvalue weighted by Crippen LogP contribution is 2.37. The monoisotopic (exact) mass is 235 g/mol. The summed E-state index contributed by atoms with van der Waals surface area (Å²) in [6.45, 7) is 5.61. The van der Waals surface area contributed by atoms with Crippen LogP contribution in [0.25, 0.3) is 0 Å². The maximum absolute atomic E-state index is 12.6. The predicted molar refractivity (Wildman–Crippen MR) is 59.2 cm³/mol. The summed E-state index contributed by atoms with van der Waals surface area (Å²) < 4.78 is 37.7. The van der Waals surface area contributed by atoms with Crippen LogP contribution in [0.5, 0.6) is 0 Å². The topological polar surface area (TPSA) is 12.0 Å². The minimum Gasteiger partial charge on any atom is -0.311 e. The summed E-state index contributed by atoms with van der Waals surface area (Å²) in [5, 5.41) is 3.25. The molecule has 0 saturated heterocycles. The Labute approximate surface area is 95.1 Å². The van der Waals surface area contributed by atoms with Crippen molar-refractivity contribution in [2.24, 2.45) is 5.92 Å². The molecule has 1 nitrogen and oxygen atoms in total. The molecule has 3 atom stereocenters. The lowest BCUT2D eigenvalue weighted by atomic mass is 9.85. The first-order chi connectivity index (χ1) is 7.43. The second-order valence-corrected chi connectivity index (χ2v) is 4.69. The molecule has 0 aromatic rings. The Morgan fingerprint density at radius 1 is 1.44 bits per heavy atom. The Bertz CT molecular complexity index is 225. The highest BCUT2D eigenvalue weighted by molar-refractivity contribution is 4.85. The van der Waals surface area contributed by atoms with Gasteiger partial charge >= 0.3 is 6.18 Å². The van der Waals surface area contributed by atoms with Gasteiger partial charge in [-0.2, -0.15) is 13.2 Å². The molecule has 0 radical (unpaired) electrons. The largest absolute Gasteiger partial charge is 0.391 e. The first-order valence-corrected chi connectivity index (χ1v) is 5.87. The average Bonchev–Trinajstić information content (AvgIpc) is 2.17. The summed E-state index contributed by atoms with van der Waals surface area (Å²) in [6, 6.07) is 0.227. The van der Waals surface area contributed by atoms with Crippen molar-refractivity contribution in [3.63, 3.8) is 0 Å². The van der Waals surface area contributed by atoms with E-state index in [-0.39, 0.29) is 24.9 Å². The fourth-order valence-electron chi connectivity index (χ4n) is 2.36. The molecule has 4 heteroatoms. The van der Waals surface area contributed by atoms with E-state index in [0.717, 1.165) is 12.8 Å². The maximum atomic E-state index is 12.6. The zero-order chi connectivity index (χ0) is 12.2. The second-order valence-electron chi connectivity index (χ2n) is 4.69. The first-order valence-electron chi connectivity index (χ1n) is 5.87. The lowest BCUT2D eigenvalue weighted by molar-refractivity contribution is -0.183. The van der Waals surface area contributed by atoms with Crippen LogP contribution in [0.2, 0.25) is 0 Å². The van der Waals surface area contributed by atoms with E-state index < -0.39 is 12.1 Å². The van der Waals surface area contributed by atoms with E-state index in [1.165, 1.54) is 0 Å². The first kappa shape index (κ1) is 13.6. The van der Waals surface area contributed by atoms with E-state index in [1.54, 1.807) is 6.08 Å². The van der Waals surface area contributed by atoms with Crippen LogP contribution in [0.4, 0.5) is 13.2 Å². The van der Waals surface area contributed by atoms with E-state index in [4.69, 9.17) is 0 Å². The SMILES string of the molecule is C=CCC(C)NC1CCCC(C(F)(F)F)C1. The van der Waals surface area contributed by atoms with Crippen molar-refractivity contribution in [2.75, 3.05) is 0 Å². The van der Waals surface area contributed by atoms with Crippen LogP contribution < -0.4 is 5.32 Å². The molecule has 0 aromatic carbocycles. The number of hydrogen-bond acceptors (Lipinski definition) is 1. The van der Waals surface area contributed by atoms with Crippen molar-refractivity contribution in [3.05, 3.63) is 12.7 Å². The molecule has 1 fully saturated rings. The van der Waals surface area contributed by atoms with Gasteiger partial charge in [0.2, 0.25) is 0 Å². The summed E-state index contributed by atoms with van der Waals surface area (Å²) in [4.78, 5) is 0. The van der Waals surface area contributed by atoms with Crippen LogP contribution >= 0.6 is 0 Å². The van der Waals surface area contributed by atoms with E-state index >= 15 is 0 Å². The van der Waals surface area contributed by atoms with Crippen molar-refractivity contribution < 1.29 is 13.2 Å². The molecule has 0 heterocycles. The Balaban J connectivity index is 2.41. The molecular weight excluding hydrogens is 215 g/mol. The number of halogens is 3. The van der Waals surface area contributed by atoms with Gasteiger partial charge in [-0.15, -0.1) is 6.58 Å². The van der Waals surface area contributed by atoms with Gasteiger partial charge in [0.05, 0.1) is 5.92 Å². The molecule has 94 valence electrons. The summed E-state index contributed by atoms with van der Waals surface area (Å²) in [7, 11) is 0. The van der Waals surface area contributed by atoms with Crippen molar-refractivity contribution in [1.29, 1.82) is 0 Å². The summed E-state index contributed by atoms with van der Waals surface area (Å²) in [5.74, 6) is -1.12. The lowest BCUT2D eigenvalue weighted by Gasteiger charge is -2.32. The van der Waals surface area contributed by atoms with Crippen molar-refractivity contribution in [1.82, 2.24) is 5.32 Å². The zero-order valence-corrected chi connectivity index (χ0v) is 9.69. The molecule has 16 heavy (non-hydrogen) atoms. The predicted octanol–water partition coefficient (Wildman–Crippen LogP) is 3.66. The van der Waals surface area contributed by atoms with Crippen LogP contribution in [-0.4, -0.2) is 18.3 Å². The smallest absolute Gasteiger partial charge is 0.311 e. The van der Waals surface area contributed by atoms with Crippen LogP contribution in [0.15, 0.2) is 12.7 Å². The third-order valence-corrected chi connectivity index (χ3v) is 3.18. The lowest BCUT2D eigenvalue weighted by Crippen LogP contribution is -2.42. The average molecular weight is 235 g/mol. The second kappa shape index (κ2) is 5.71. The molecule has 0 aromatic heterocycles. The van der Waals surface area contributed by atoms with Gasteiger partial charge in [0.25, 0.3) is 0 Å². The molecule has 1 aliphatic carbocycles. The molecule has 0 spiro atoms. The van der Waals surface area contributed by atoms with Gasteiger partial charge in [-0.25, -0.2) is 0 Å². The van der Waals surface area contributed by atoms with Gasteiger partial charge < -0.3 is 5.32 Å². The van der Waals surface area contributed by atoms with E-state index in [1.807, 2.05) is 6.92 Å². The third-order valence-electron chi connectivity index (χ3n) is 3.18. The van der Waals surface area contributed by atoms with Crippen LogP contribution in [0, 0.1) is 5.92 Å². The quantitative estimate of drug-likeness (QED) is 0.733. The fourth-order valence-corrected chi connectivity index (χ4v) is 2.36. The van der Waals surface area contributed by atoms with Crippen LogP contribution in [0.3, 0.4) is 0 Å². The number of hydrogen-bond donors (Lipinski definition) is 1. The maximum Gasteiger partial charge on any atom is 0.391 e. The summed E-state index contributed by atoms with van der Waals surface area (Å²) >= 11 is 0. The summed E-state index contributed by atoms with van der Waals surface area (Å²) in [6.07, 6.45) is 0.607. The molecule has 0 aliphatic heterocycles. The molecule has 3 unspecified atom stereocenters. The van der Waals surface area contributed by atoms with Gasteiger partial charge in [0, 0.05) is 12.1 Å². The van der Waals surface area contributed by atoms with Gasteiger partial charge in [-0.1, -0.05) is 12.5 Å². The van der Waals surface area contributed by atoms with Gasteiger partial charge in [-0.05, 0) is 32.6 Å². The Kier molecular flexibility index (Phi) is 4.84. The Morgan fingerprint density at radius 3 is 2.69 bits per heavy atom. The van der Waals surface area contributed by atoms with Crippen molar-refractivity contribution >= 4 is 0 Å². The number of alkyl halides is 3. The van der Waals surface area contributed by atoms with E-state index in [0.29, 0.717) is 6.42 Å². The highest BCUT2D eigenvalue weighted by Gasteiger charge is 2.42. The van der Waals surface area contributed by atoms with Crippen molar-refractivity contribution in [2.45, 2.75) is 57.3 Å². The molecule has 0 amide bonds. The van der Waals surface area contributed by atoms with Crippen molar-refractivity contribution in [3.8, 4) is 0 Å².